The second kappa shape index (κ2) is 7.67. The predicted octanol–water partition coefficient (Wildman–Crippen LogP) is 0.128. The van der Waals surface area contributed by atoms with Crippen LogP contribution in [0.1, 0.15) is 32.1 Å². The normalized spacial score (nSPS) is 19.9. The van der Waals surface area contributed by atoms with Crippen molar-refractivity contribution in [3.63, 3.8) is 0 Å². The average molecular weight is 327 g/mol. The Morgan fingerprint density at radius 3 is 1.70 bits per heavy atom. The van der Waals surface area contributed by atoms with Gasteiger partial charge in [-0.1, -0.05) is 19.3 Å². The first-order chi connectivity index (χ1) is 4.81. The average Bonchev–Trinajstić information content (AvgIpc) is 1.91. The van der Waals surface area contributed by atoms with Crippen molar-refractivity contribution in [3.05, 3.63) is 0 Å². The van der Waals surface area contributed by atoms with Crippen molar-refractivity contribution in [2.24, 2.45) is 8.58 Å². The SMILES string of the molecule is OC1CCCCC1.[NH2][Pt][NH2]. The summed E-state index contributed by atoms with van der Waals surface area (Å²) in [6.07, 6.45) is 5.92. The Morgan fingerprint density at radius 2 is 1.50 bits per heavy atom. The van der Waals surface area contributed by atoms with Gasteiger partial charge in [-0.25, -0.2) is 0 Å². The summed E-state index contributed by atoms with van der Waals surface area (Å²) in [6.45, 7) is 0. The van der Waals surface area contributed by atoms with Crippen molar-refractivity contribution >= 4 is 0 Å². The summed E-state index contributed by atoms with van der Waals surface area (Å²) in [5.74, 6) is 0. The molecule has 1 saturated carbocycles. The molecule has 0 unspecified atom stereocenters. The second-order valence-corrected chi connectivity index (χ2v) is 3.15. The molecule has 1 aliphatic carbocycles. The number of hydrogen-bond acceptors (Lipinski definition) is 3. The summed E-state index contributed by atoms with van der Waals surface area (Å²) in [7, 11) is 0. The molecule has 0 radical (unpaired) electrons. The van der Waals surface area contributed by atoms with Crippen LogP contribution in [0.2, 0.25) is 0 Å². The minimum absolute atomic E-state index is 0.0359. The van der Waals surface area contributed by atoms with E-state index in [0.29, 0.717) is 0 Å². The third-order valence-electron chi connectivity index (χ3n) is 1.57. The molecule has 0 heterocycles. The summed E-state index contributed by atoms with van der Waals surface area (Å²) < 4.78 is 9.47. The molecule has 0 aromatic heterocycles. The van der Waals surface area contributed by atoms with E-state index in [1.54, 1.807) is 0 Å². The Balaban J connectivity index is 0.000000236. The third kappa shape index (κ3) is 6.69. The fourth-order valence-corrected chi connectivity index (χ4v) is 1.08. The van der Waals surface area contributed by atoms with Gasteiger partial charge < -0.3 is 5.11 Å². The van der Waals surface area contributed by atoms with E-state index in [9.17, 15) is 0 Å². The quantitative estimate of drug-likeness (QED) is 0.592. The van der Waals surface area contributed by atoms with Crippen molar-refractivity contribution < 1.29 is 24.2 Å². The first-order valence-corrected chi connectivity index (χ1v) is 6.06. The molecule has 10 heavy (non-hydrogen) atoms. The predicted molar refractivity (Wildman–Crippen MR) is 37.5 cm³/mol. The van der Waals surface area contributed by atoms with Crippen molar-refractivity contribution in [1.82, 2.24) is 0 Å². The Morgan fingerprint density at radius 1 is 1.10 bits per heavy atom. The molecule has 3 nitrogen and oxygen atoms in total. The molecular formula is C6H16N2OPt. The van der Waals surface area contributed by atoms with E-state index in [1.807, 2.05) is 0 Å². The monoisotopic (exact) mass is 327 g/mol. The van der Waals surface area contributed by atoms with Crippen LogP contribution in [0.5, 0.6) is 0 Å². The molecule has 0 aliphatic heterocycles. The van der Waals surface area contributed by atoms with E-state index >= 15 is 0 Å². The number of aliphatic hydroxyl groups is 1. The summed E-state index contributed by atoms with van der Waals surface area (Å²) in [5.41, 5.74) is 0. The van der Waals surface area contributed by atoms with E-state index in [4.69, 9.17) is 13.7 Å². The molecule has 4 heteroatoms. The van der Waals surface area contributed by atoms with Gasteiger partial charge >= 0.3 is 27.6 Å². The van der Waals surface area contributed by atoms with Gasteiger partial charge in [-0.15, -0.1) is 0 Å². The van der Waals surface area contributed by atoms with Crippen LogP contribution in [0.25, 0.3) is 0 Å². The summed E-state index contributed by atoms with van der Waals surface area (Å²) in [4.78, 5) is 0. The van der Waals surface area contributed by atoms with Crippen LogP contribution in [-0.2, 0) is 19.1 Å². The zero-order valence-corrected chi connectivity index (χ0v) is 8.30. The van der Waals surface area contributed by atoms with Crippen LogP contribution in [0.15, 0.2) is 0 Å². The standard InChI is InChI=1S/C6H12O.2H2N.Pt/c7-6-4-2-1-3-5-6;;;/h6-7H,1-5H2;2*1H2;/q;2*-1;+2. The molecule has 0 aromatic rings. The fourth-order valence-electron chi connectivity index (χ4n) is 1.08. The van der Waals surface area contributed by atoms with Gasteiger partial charge in [-0.2, -0.15) is 0 Å². The number of hydrogen-bond donors (Lipinski definition) is 3. The summed E-state index contributed by atoms with van der Waals surface area (Å²) in [5, 5.41) is 8.91. The molecule has 1 fully saturated rings. The van der Waals surface area contributed by atoms with E-state index in [-0.39, 0.29) is 6.10 Å². The molecule has 1 rings (SSSR count). The van der Waals surface area contributed by atoms with E-state index in [1.165, 1.54) is 19.3 Å². The first kappa shape index (κ1) is 10.6. The topological polar surface area (TPSA) is 72.3 Å². The summed E-state index contributed by atoms with van der Waals surface area (Å²) in [6, 6.07) is 0. The molecule has 0 bridgehead atoms. The summed E-state index contributed by atoms with van der Waals surface area (Å²) >= 11 is -0.417. The van der Waals surface area contributed by atoms with Crippen LogP contribution < -0.4 is 8.58 Å². The molecule has 0 aromatic carbocycles. The van der Waals surface area contributed by atoms with Gasteiger partial charge in [0.25, 0.3) is 0 Å². The molecule has 0 atom stereocenters. The Hall–Kier alpha value is 0.568. The Kier molecular flexibility index (Phi) is 8.11. The fraction of sp³-hybridized carbons (Fsp3) is 1.00. The van der Waals surface area contributed by atoms with Gasteiger partial charge in [-0.3, -0.25) is 0 Å². The first-order valence-electron chi connectivity index (χ1n) is 3.44. The van der Waals surface area contributed by atoms with Crippen molar-refractivity contribution in [1.29, 1.82) is 0 Å². The van der Waals surface area contributed by atoms with Gasteiger partial charge in [0, 0.05) is 0 Å². The molecule has 5 N–H and O–H groups in total. The number of rotatable bonds is 0. The van der Waals surface area contributed by atoms with Crippen molar-refractivity contribution in [3.8, 4) is 0 Å². The Bertz CT molecular complexity index is 66.8. The van der Waals surface area contributed by atoms with Crippen molar-refractivity contribution in [2.75, 3.05) is 0 Å². The van der Waals surface area contributed by atoms with Crippen LogP contribution in [0.3, 0.4) is 0 Å². The van der Waals surface area contributed by atoms with E-state index < -0.39 is 19.1 Å². The zero-order valence-electron chi connectivity index (χ0n) is 6.03. The van der Waals surface area contributed by atoms with Gasteiger partial charge in [0.15, 0.2) is 0 Å². The molecule has 0 amide bonds. The zero-order chi connectivity index (χ0) is 7.82. The maximum atomic E-state index is 8.91. The van der Waals surface area contributed by atoms with E-state index in [2.05, 4.69) is 0 Å². The molecule has 0 saturated heterocycles. The van der Waals surface area contributed by atoms with Gasteiger partial charge in [0.1, 0.15) is 0 Å². The van der Waals surface area contributed by atoms with Crippen LogP contribution in [0, 0.1) is 0 Å². The van der Waals surface area contributed by atoms with Crippen LogP contribution in [-0.4, -0.2) is 11.2 Å². The van der Waals surface area contributed by atoms with Crippen LogP contribution >= 0.6 is 0 Å². The van der Waals surface area contributed by atoms with Crippen LogP contribution in [0.4, 0.5) is 0 Å². The van der Waals surface area contributed by atoms with Gasteiger partial charge in [0.05, 0.1) is 6.10 Å². The second-order valence-electron chi connectivity index (χ2n) is 2.40. The molecule has 66 valence electrons. The number of nitrogens with two attached hydrogens (primary N) is 2. The maximum absolute atomic E-state index is 8.91. The third-order valence-corrected chi connectivity index (χ3v) is 1.57. The van der Waals surface area contributed by atoms with Gasteiger partial charge in [0.2, 0.25) is 0 Å². The number of aliphatic hydroxyl groups excluding tert-OH is 1. The molecule has 0 spiro atoms. The minimum atomic E-state index is -0.417. The van der Waals surface area contributed by atoms with Crippen molar-refractivity contribution in [2.45, 2.75) is 38.2 Å². The Labute approximate surface area is 71.3 Å². The molecular weight excluding hydrogens is 311 g/mol. The van der Waals surface area contributed by atoms with E-state index in [0.717, 1.165) is 12.8 Å². The molecule has 1 aliphatic rings. The van der Waals surface area contributed by atoms with Gasteiger partial charge in [-0.05, 0) is 12.8 Å².